The topological polar surface area (TPSA) is 120 Å². The zero-order valence-electron chi connectivity index (χ0n) is 20.7. The van der Waals surface area contributed by atoms with Crippen molar-refractivity contribution in [1.82, 2.24) is 14.7 Å². The lowest BCUT2D eigenvalue weighted by atomic mass is 10.1. The van der Waals surface area contributed by atoms with Gasteiger partial charge in [-0.3, -0.25) is 19.7 Å². The van der Waals surface area contributed by atoms with Gasteiger partial charge in [0.2, 0.25) is 5.91 Å². The smallest absolute Gasteiger partial charge is 0.288 e. The highest BCUT2D eigenvalue weighted by molar-refractivity contribution is 6.32. The molecule has 4 rings (SSSR count). The highest BCUT2D eigenvalue weighted by atomic mass is 35.5. The number of anilines is 1. The van der Waals surface area contributed by atoms with Crippen LogP contribution in [0, 0.1) is 15.9 Å². The summed E-state index contributed by atoms with van der Waals surface area (Å²) in [4.78, 5) is 38.2. The van der Waals surface area contributed by atoms with Gasteiger partial charge in [-0.1, -0.05) is 41.9 Å². The second kappa shape index (κ2) is 12.3. The van der Waals surface area contributed by atoms with Crippen LogP contribution in [0.5, 0.6) is 0 Å². The molecule has 12 heteroatoms. The number of hydrogen-bond acceptors (Lipinski definition) is 6. The van der Waals surface area contributed by atoms with Gasteiger partial charge in [0.15, 0.2) is 0 Å². The Bertz CT molecular complexity index is 1490. The molecule has 1 aromatic heterocycles. The number of benzene rings is 3. The van der Waals surface area contributed by atoms with Gasteiger partial charge in [0.05, 0.1) is 22.9 Å². The van der Waals surface area contributed by atoms with Gasteiger partial charge < -0.3 is 15.0 Å². The molecule has 0 radical (unpaired) electrons. The maximum atomic E-state index is 13.5. The van der Waals surface area contributed by atoms with Crippen molar-refractivity contribution >= 4 is 34.9 Å². The second-order valence-electron chi connectivity index (χ2n) is 8.36. The van der Waals surface area contributed by atoms with E-state index in [1.165, 1.54) is 53.1 Å². The number of halogens is 2. The SMILES string of the molecule is COCCN(CC(=O)Nc1cc(-c2ccccc2)nn1-c1ccc(F)cc1)C(=O)c1ccc(Cl)c([N+](=O)[O-])c1. The summed E-state index contributed by atoms with van der Waals surface area (Å²) in [5.41, 5.74) is 1.45. The largest absolute Gasteiger partial charge is 0.383 e. The first-order valence-electron chi connectivity index (χ1n) is 11.7. The fourth-order valence-electron chi connectivity index (χ4n) is 3.78. The Morgan fingerprint density at radius 1 is 1.10 bits per heavy atom. The van der Waals surface area contributed by atoms with Gasteiger partial charge in [0.1, 0.15) is 23.2 Å². The third kappa shape index (κ3) is 6.64. The lowest BCUT2D eigenvalue weighted by molar-refractivity contribution is -0.384. The van der Waals surface area contributed by atoms with Gasteiger partial charge in [0.25, 0.3) is 11.6 Å². The molecule has 3 aromatic carbocycles. The lowest BCUT2D eigenvalue weighted by Gasteiger charge is -2.22. The minimum atomic E-state index is -0.688. The van der Waals surface area contributed by atoms with Crippen LogP contribution in [0.25, 0.3) is 16.9 Å². The Morgan fingerprint density at radius 3 is 2.49 bits per heavy atom. The molecule has 4 aromatic rings. The molecular formula is C27H23ClFN5O5. The Hall–Kier alpha value is -4.61. The Labute approximate surface area is 227 Å². The summed E-state index contributed by atoms with van der Waals surface area (Å²) in [6.07, 6.45) is 0. The van der Waals surface area contributed by atoms with E-state index >= 15 is 0 Å². The van der Waals surface area contributed by atoms with Crippen LogP contribution >= 0.6 is 11.6 Å². The molecule has 1 N–H and O–H groups in total. The molecule has 1 heterocycles. The number of carbonyl (C=O) groups is 2. The predicted octanol–water partition coefficient (Wildman–Crippen LogP) is 4.97. The van der Waals surface area contributed by atoms with Crippen LogP contribution in [0.3, 0.4) is 0 Å². The molecule has 0 atom stereocenters. The van der Waals surface area contributed by atoms with E-state index in [-0.39, 0.29) is 30.3 Å². The molecule has 2 amide bonds. The van der Waals surface area contributed by atoms with Crippen molar-refractivity contribution in [3.05, 3.63) is 105 Å². The van der Waals surface area contributed by atoms with Crippen molar-refractivity contribution in [2.45, 2.75) is 0 Å². The summed E-state index contributed by atoms with van der Waals surface area (Å²) < 4.78 is 20.1. The van der Waals surface area contributed by atoms with Gasteiger partial charge >= 0.3 is 0 Å². The number of amides is 2. The first-order valence-corrected chi connectivity index (χ1v) is 12.1. The molecule has 0 aliphatic rings. The normalized spacial score (nSPS) is 10.7. The molecule has 0 fully saturated rings. The van der Waals surface area contributed by atoms with Crippen molar-refractivity contribution in [2.24, 2.45) is 0 Å². The highest BCUT2D eigenvalue weighted by Gasteiger charge is 2.23. The van der Waals surface area contributed by atoms with Crippen molar-refractivity contribution < 1.29 is 23.6 Å². The molecule has 0 saturated heterocycles. The minimum Gasteiger partial charge on any atom is -0.383 e. The van der Waals surface area contributed by atoms with Crippen molar-refractivity contribution in [3.63, 3.8) is 0 Å². The molecule has 0 bridgehead atoms. The zero-order valence-corrected chi connectivity index (χ0v) is 21.5. The quantitative estimate of drug-likeness (QED) is 0.219. The van der Waals surface area contributed by atoms with Crippen LogP contribution in [-0.4, -0.2) is 58.2 Å². The van der Waals surface area contributed by atoms with Crippen LogP contribution in [0.1, 0.15) is 10.4 Å². The molecule has 0 saturated carbocycles. The van der Waals surface area contributed by atoms with Gasteiger partial charge in [-0.15, -0.1) is 0 Å². The van der Waals surface area contributed by atoms with Crippen LogP contribution in [0.4, 0.5) is 15.9 Å². The number of aromatic nitrogens is 2. The van der Waals surface area contributed by atoms with E-state index in [0.717, 1.165) is 11.6 Å². The number of hydrogen-bond donors (Lipinski definition) is 1. The van der Waals surface area contributed by atoms with E-state index in [1.807, 2.05) is 30.3 Å². The van der Waals surface area contributed by atoms with E-state index < -0.39 is 28.2 Å². The number of nitro benzene ring substituents is 1. The van der Waals surface area contributed by atoms with Gasteiger partial charge in [0, 0.05) is 36.9 Å². The van der Waals surface area contributed by atoms with Gasteiger partial charge in [-0.05, 0) is 36.4 Å². The molecular weight excluding hydrogens is 529 g/mol. The fourth-order valence-corrected chi connectivity index (χ4v) is 3.96. The molecule has 0 aliphatic carbocycles. The lowest BCUT2D eigenvalue weighted by Crippen LogP contribution is -2.40. The summed E-state index contributed by atoms with van der Waals surface area (Å²) in [5, 5.41) is 18.5. The second-order valence-corrected chi connectivity index (χ2v) is 8.77. The molecule has 200 valence electrons. The summed E-state index contributed by atoms with van der Waals surface area (Å²) in [7, 11) is 1.45. The third-order valence-corrected chi connectivity index (χ3v) is 6.01. The summed E-state index contributed by atoms with van der Waals surface area (Å²) >= 11 is 5.87. The zero-order chi connectivity index (χ0) is 27.9. The number of nitro groups is 1. The first-order chi connectivity index (χ1) is 18.8. The average molecular weight is 552 g/mol. The predicted molar refractivity (Wildman–Crippen MR) is 143 cm³/mol. The Balaban J connectivity index is 1.61. The summed E-state index contributed by atoms with van der Waals surface area (Å²) in [5.74, 6) is -1.29. The number of nitrogens with one attached hydrogen (secondary N) is 1. The molecule has 10 nitrogen and oxygen atoms in total. The van der Waals surface area contributed by atoms with Crippen molar-refractivity contribution in [2.75, 3.05) is 32.1 Å². The molecule has 39 heavy (non-hydrogen) atoms. The van der Waals surface area contributed by atoms with E-state index in [9.17, 15) is 24.1 Å². The fraction of sp³-hybridized carbons (Fsp3) is 0.148. The van der Waals surface area contributed by atoms with E-state index in [0.29, 0.717) is 17.2 Å². The Kier molecular flexibility index (Phi) is 8.64. The van der Waals surface area contributed by atoms with Gasteiger partial charge in [-0.2, -0.15) is 5.10 Å². The van der Waals surface area contributed by atoms with Crippen LogP contribution in [0.15, 0.2) is 78.9 Å². The standard InChI is InChI=1S/C27H23ClFN5O5/c1-39-14-13-32(27(36)19-7-12-22(28)24(15-19)34(37)38)17-26(35)30-25-16-23(18-5-3-2-4-6-18)31-33(25)21-10-8-20(29)9-11-21/h2-12,15-16H,13-14,17H2,1H3,(H,30,35). The third-order valence-electron chi connectivity index (χ3n) is 5.69. The average Bonchev–Trinajstić information content (AvgIpc) is 3.35. The number of methoxy groups -OCH3 is 1. The number of rotatable bonds is 10. The van der Waals surface area contributed by atoms with Crippen molar-refractivity contribution in [3.8, 4) is 16.9 Å². The van der Waals surface area contributed by atoms with E-state index in [1.54, 1.807) is 6.07 Å². The van der Waals surface area contributed by atoms with Crippen LogP contribution in [0.2, 0.25) is 5.02 Å². The van der Waals surface area contributed by atoms with Gasteiger partial charge in [-0.25, -0.2) is 9.07 Å². The highest BCUT2D eigenvalue weighted by Crippen LogP contribution is 2.27. The molecule has 0 aliphatic heterocycles. The minimum absolute atomic E-state index is 0.00211. The van der Waals surface area contributed by atoms with Crippen LogP contribution < -0.4 is 5.32 Å². The number of carbonyl (C=O) groups excluding carboxylic acids is 2. The monoisotopic (exact) mass is 551 g/mol. The maximum Gasteiger partial charge on any atom is 0.288 e. The van der Waals surface area contributed by atoms with E-state index in [4.69, 9.17) is 16.3 Å². The van der Waals surface area contributed by atoms with Crippen LogP contribution in [-0.2, 0) is 9.53 Å². The first kappa shape index (κ1) is 27.4. The molecule has 0 spiro atoms. The summed E-state index contributed by atoms with van der Waals surface area (Å²) in [6.45, 7) is -0.208. The Morgan fingerprint density at radius 2 is 1.82 bits per heavy atom. The number of ether oxygens (including phenoxy) is 1. The van der Waals surface area contributed by atoms with E-state index in [2.05, 4.69) is 10.4 Å². The van der Waals surface area contributed by atoms with Crippen molar-refractivity contribution in [1.29, 1.82) is 0 Å². The summed E-state index contributed by atoms with van der Waals surface area (Å²) in [6, 6.07) is 20.2. The number of nitrogens with zero attached hydrogens (tertiary/aromatic N) is 4. The maximum absolute atomic E-state index is 13.5. The molecule has 0 unspecified atom stereocenters.